The Hall–Kier alpha value is -3.27. The maximum absolute atomic E-state index is 13.0. The van der Waals surface area contributed by atoms with Crippen LogP contribution in [-0.4, -0.2) is 44.7 Å². The highest BCUT2D eigenvalue weighted by molar-refractivity contribution is 6.01. The molecule has 1 amide bonds. The van der Waals surface area contributed by atoms with Gasteiger partial charge in [-0.2, -0.15) is 5.26 Å². The van der Waals surface area contributed by atoms with Crippen LogP contribution in [0.5, 0.6) is 11.5 Å². The number of likely N-dealkylation sites (N-methyl/N-ethyl adjacent to an activating group) is 1. The highest BCUT2D eigenvalue weighted by Crippen LogP contribution is 2.32. The summed E-state index contributed by atoms with van der Waals surface area (Å²) in [6.45, 7) is 0.585. The number of carbonyl (C=O) groups excluding carboxylic acids is 1. The Morgan fingerprint density at radius 2 is 1.92 bits per heavy atom. The molecule has 1 unspecified atom stereocenters. The number of ether oxygens (including phenoxy) is 2. The van der Waals surface area contributed by atoms with Gasteiger partial charge >= 0.3 is 0 Å². The Bertz CT molecular complexity index is 840. The normalized spacial score (nSPS) is 16.3. The third-order valence-electron chi connectivity index (χ3n) is 4.50. The molecule has 0 radical (unpaired) electrons. The van der Waals surface area contributed by atoms with E-state index >= 15 is 0 Å². The fourth-order valence-corrected chi connectivity index (χ4v) is 3.07. The van der Waals surface area contributed by atoms with Crippen molar-refractivity contribution < 1.29 is 14.3 Å². The summed E-state index contributed by atoms with van der Waals surface area (Å²) in [5, 5.41) is 9.02. The molecule has 2 heterocycles. The van der Waals surface area contributed by atoms with Gasteiger partial charge in [-0.15, -0.1) is 0 Å². The van der Waals surface area contributed by atoms with Crippen molar-refractivity contribution in [3.63, 3.8) is 0 Å². The molecule has 7 nitrogen and oxygen atoms in total. The predicted molar refractivity (Wildman–Crippen MR) is 97.7 cm³/mol. The summed E-state index contributed by atoms with van der Waals surface area (Å²) in [7, 11) is 4.98. The van der Waals surface area contributed by atoms with Crippen molar-refractivity contribution in [3.8, 4) is 17.6 Å². The van der Waals surface area contributed by atoms with Crippen LogP contribution >= 0.6 is 0 Å². The highest BCUT2D eigenvalue weighted by atomic mass is 16.5. The number of nitrogens with zero attached hydrogens (tertiary/aromatic N) is 4. The molecule has 7 heteroatoms. The van der Waals surface area contributed by atoms with E-state index in [1.165, 1.54) is 0 Å². The third-order valence-corrected chi connectivity index (χ3v) is 4.50. The Kier molecular flexibility index (Phi) is 4.94. The van der Waals surface area contributed by atoms with Crippen molar-refractivity contribution in [2.75, 3.05) is 37.6 Å². The molecule has 1 aromatic carbocycles. The Morgan fingerprint density at radius 1 is 1.23 bits per heavy atom. The average molecular weight is 352 g/mol. The Balaban J connectivity index is 1.85. The molecule has 1 aliphatic heterocycles. The first-order valence-electron chi connectivity index (χ1n) is 8.22. The molecular weight excluding hydrogens is 332 g/mol. The van der Waals surface area contributed by atoms with Gasteiger partial charge in [0.05, 0.1) is 19.9 Å². The largest absolute Gasteiger partial charge is 0.497 e. The van der Waals surface area contributed by atoms with Gasteiger partial charge in [-0.25, -0.2) is 4.98 Å². The van der Waals surface area contributed by atoms with Crippen molar-refractivity contribution in [2.24, 2.45) is 0 Å². The van der Waals surface area contributed by atoms with Gasteiger partial charge in [0.25, 0.3) is 0 Å². The molecule has 1 aliphatic rings. The molecule has 0 N–H and O–H groups in total. The lowest BCUT2D eigenvalue weighted by molar-refractivity contribution is -0.118. The van der Waals surface area contributed by atoms with Crippen molar-refractivity contribution in [2.45, 2.75) is 12.5 Å². The monoisotopic (exact) mass is 352 g/mol. The lowest BCUT2D eigenvalue weighted by atomic mass is 10.2. The van der Waals surface area contributed by atoms with E-state index in [0.717, 1.165) is 5.69 Å². The van der Waals surface area contributed by atoms with E-state index in [-0.39, 0.29) is 11.9 Å². The SMILES string of the molecule is COc1cc(OC)cc(N2CCC(N(C)c3cccc(C#N)n3)C2=O)c1. The van der Waals surface area contributed by atoms with Crippen molar-refractivity contribution in [1.29, 1.82) is 5.26 Å². The average Bonchev–Trinajstić information content (AvgIpc) is 3.08. The van der Waals surface area contributed by atoms with Crippen LogP contribution in [-0.2, 0) is 4.79 Å². The van der Waals surface area contributed by atoms with Crippen LogP contribution in [0.25, 0.3) is 0 Å². The summed E-state index contributed by atoms with van der Waals surface area (Å²) in [5.41, 5.74) is 1.06. The summed E-state index contributed by atoms with van der Waals surface area (Å²) < 4.78 is 10.6. The van der Waals surface area contributed by atoms with E-state index in [0.29, 0.717) is 36.0 Å². The lowest BCUT2D eigenvalue weighted by Gasteiger charge is -2.25. The standard InChI is InChI=1S/C19H20N4O3/c1-22(18-6-4-5-13(12-20)21-18)17-7-8-23(19(17)24)14-9-15(25-2)11-16(10-14)26-3/h4-6,9-11,17H,7-8H2,1-3H3. The van der Waals surface area contributed by atoms with E-state index in [1.807, 2.05) is 30.1 Å². The van der Waals surface area contributed by atoms with E-state index in [1.54, 1.807) is 43.4 Å². The molecular formula is C19H20N4O3. The van der Waals surface area contributed by atoms with E-state index in [2.05, 4.69) is 4.98 Å². The second kappa shape index (κ2) is 7.31. The maximum atomic E-state index is 13.0. The molecule has 1 saturated heterocycles. The first-order chi connectivity index (χ1) is 12.6. The fraction of sp³-hybridized carbons (Fsp3) is 0.316. The third kappa shape index (κ3) is 3.26. The van der Waals surface area contributed by atoms with Gasteiger partial charge < -0.3 is 19.3 Å². The van der Waals surface area contributed by atoms with Gasteiger partial charge in [-0.05, 0) is 18.6 Å². The van der Waals surface area contributed by atoms with Gasteiger partial charge in [-0.3, -0.25) is 4.79 Å². The molecule has 1 fully saturated rings. The molecule has 3 rings (SSSR count). The molecule has 134 valence electrons. The first kappa shape index (κ1) is 17.5. The topological polar surface area (TPSA) is 78.7 Å². The molecule has 0 spiro atoms. The molecule has 0 aliphatic carbocycles. The minimum atomic E-state index is -0.339. The van der Waals surface area contributed by atoms with Gasteiger partial charge in [-0.1, -0.05) is 6.07 Å². The van der Waals surface area contributed by atoms with E-state index in [4.69, 9.17) is 14.7 Å². The fourth-order valence-electron chi connectivity index (χ4n) is 3.07. The number of nitriles is 1. The highest BCUT2D eigenvalue weighted by Gasteiger charge is 2.36. The van der Waals surface area contributed by atoms with Crippen LogP contribution in [0.15, 0.2) is 36.4 Å². The number of hydrogen-bond acceptors (Lipinski definition) is 6. The number of anilines is 2. The molecule has 1 aromatic heterocycles. The first-order valence-corrected chi connectivity index (χ1v) is 8.22. The van der Waals surface area contributed by atoms with Crippen molar-refractivity contribution in [1.82, 2.24) is 4.98 Å². The Morgan fingerprint density at radius 3 is 2.54 bits per heavy atom. The predicted octanol–water partition coefficient (Wildman–Crippen LogP) is 2.21. The molecule has 0 bridgehead atoms. The second-order valence-electron chi connectivity index (χ2n) is 5.97. The van der Waals surface area contributed by atoms with Gasteiger partial charge in [0.2, 0.25) is 5.91 Å². The summed E-state index contributed by atoms with van der Waals surface area (Å²) in [6.07, 6.45) is 0.660. The minimum absolute atomic E-state index is 0.0213. The zero-order valence-electron chi connectivity index (χ0n) is 15.0. The van der Waals surface area contributed by atoms with E-state index in [9.17, 15) is 4.79 Å². The van der Waals surface area contributed by atoms with Crippen LogP contribution in [0.2, 0.25) is 0 Å². The number of benzene rings is 1. The maximum Gasteiger partial charge on any atom is 0.249 e. The number of methoxy groups -OCH3 is 2. The number of amides is 1. The van der Waals surface area contributed by atoms with Crippen molar-refractivity contribution >= 4 is 17.4 Å². The van der Waals surface area contributed by atoms with Crippen molar-refractivity contribution in [3.05, 3.63) is 42.1 Å². The summed E-state index contributed by atoms with van der Waals surface area (Å²) >= 11 is 0. The molecule has 2 aromatic rings. The number of carbonyl (C=O) groups is 1. The number of pyridine rings is 1. The van der Waals surface area contributed by atoms with Gasteiger partial charge in [0, 0.05) is 31.8 Å². The summed E-state index contributed by atoms with van der Waals surface area (Å²) in [4.78, 5) is 20.8. The smallest absolute Gasteiger partial charge is 0.249 e. The van der Waals surface area contributed by atoms with Gasteiger partial charge in [0.1, 0.15) is 35.1 Å². The molecule has 1 atom stereocenters. The zero-order valence-corrected chi connectivity index (χ0v) is 15.0. The van der Waals surface area contributed by atoms with Crippen LogP contribution in [0.4, 0.5) is 11.5 Å². The molecule has 0 saturated carbocycles. The number of aromatic nitrogens is 1. The summed E-state index contributed by atoms with van der Waals surface area (Å²) in [6, 6.07) is 12.3. The lowest BCUT2D eigenvalue weighted by Crippen LogP contribution is -2.40. The van der Waals surface area contributed by atoms with Crippen LogP contribution in [0.1, 0.15) is 12.1 Å². The number of hydrogen-bond donors (Lipinski definition) is 0. The van der Waals surface area contributed by atoms with E-state index < -0.39 is 0 Å². The summed E-state index contributed by atoms with van der Waals surface area (Å²) in [5.74, 6) is 1.85. The second-order valence-corrected chi connectivity index (χ2v) is 5.97. The quantitative estimate of drug-likeness (QED) is 0.821. The van der Waals surface area contributed by atoms with Gasteiger partial charge in [0.15, 0.2) is 0 Å². The van der Waals surface area contributed by atoms with Crippen LogP contribution in [0, 0.1) is 11.3 Å². The Labute approximate surface area is 152 Å². The zero-order chi connectivity index (χ0) is 18.7. The van der Waals surface area contributed by atoms with Crippen LogP contribution < -0.4 is 19.3 Å². The number of rotatable bonds is 5. The molecule has 26 heavy (non-hydrogen) atoms. The van der Waals surface area contributed by atoms with Crippen LogP contribution in [0.3, 0.4) is 0 Å². The minimum Gasteiger partial charge on any atom is -0.497 e.